The van der Waals surface area contributed by atoms with Crippen molar-refractivity contribution in [3.05, 3.63) is 54.1 Å². The fourth-order valence-corrected chi connectivity index (χ4v) is 3.46. The first-order valence-corrected chi connectivity index (χ1v) is 10.2. The fourth-order valence-electron chi connectivity index (χ4n) is 3.46. The monoisotopic (exact) mass is 527 g/mol. The van der Waals surface area contributed by atoms with Crippen LogP contribution in [-0.4, -0.2) is 48.6 Å². The van der Waals surface area contributed by atoms with E-state index < -0.39 is 5.82 Å². The van der Waals surface area contributed by atoms with Gasteiger partial charge in [0.25, 0.3) is 0 Å². The number of nitrogens with zero attached hydrogens (tertiary/aromatic N) is 3. The summed E-state index contributed by atoms with van der Waals surface area (Å²) in [6.45, 7) is 6.11. The molecule has 2 N–H and O–H groups in total. The summed E-state index contributed by atoms with van der Waals surface area (Å²) in [5.41, 5.74) is 0.821. The quantitative estimate of drug-likeness (QED) is 0.322. The van der Waals surface area contributed by atoms with Crippen LogP contribution in [0.1, 0.15) is 31.7 Å². The van der Waals surface area contributed by atoms with Crippen LogP contribution in [0.25, 0.3) is 0 Å². The Morgan fingerprint density at radius 2 is 2.10 bits per heavy atom. The van der Waals surface area contributed by atoms with E-state index in [4.69, 9.17) is 4.74 Å². The maximum Gasteiger partial charge on any atom is 0.191 e. The lowest BCUT2D eigenvalue weighted by atomic mass is 10.1. The molecule has 1 saturated heterocycles. The zero-order valence-electron chi connectivity index (χ0n) is 17.6. The lowest BCUT2D eigenvalue weighted by molar-refractivity contribution is 0.206. The molecule has 1 aliphatic rings. The molecule has 0 unspecified atom stereocenters. The molecule has 1 fully saturated rings. The number of ether oxygens (including phenoxy) is 1. The number of pyridine rings is 1. The molecular formula is C22H31FIN5O. The van der Waals surface area contributed by atoms with Crippen molar-refractivity contribution in [2.75, 3.05) is 26.7 Å². The van der Waals surface area contributed by atoms with Crippen molar-refractivity contribution < 1.29 is 9.13 Å². The third-order valence-electron chi connectivity index (χ3n) is 5.01. The van der Waals surface area contributed by atoms with Crippen molar-refractivity contribution in [2.24, 2.45) is 4.99 Å². The van der Waals surface area contributed by atoms with Gasteiger partial charge in [0.2, 0.25) is 0 Å². The highest BCUT2D eigenvalue weighted by Crippen LogP contribution is 2.24. The minimum absolute atomic E-state index is 0. The average Bonchev–Trinajstić information content (AvgIpc) is 2.75. The molecule has 0 aliphatic carbocycles. The van der Waals surface area contributed by atoms with Crippen molar-refractivity contribution in [3.63, 3.8) is 0 Å². The third kappa shape index (κ3) is 7.39. The molecule has 0 bridgehead atoms. The summed E-state index contributed by atoms with van der Waals surface area (Å²) in [5, 5.41) is 6.76. The highest BCUT2D eigenvalue weighted by atomic mass is 127. The highest BCUT2D eigenvalue weighted by molar-refractivity contribution is 14.0. The second-order valence-electron chi connectivity index (χ2n) is 7.24. The third-order valence-corrected chi connectivity index (χ3v) is 5.01. The van der Waals surface area contributed by atoms with Crippen LogP contribution in [0.3, 0.4) is 0 Å². The standard InChI is InChI=1S/C22H30FN5O.HI/c1-3-11-28-12-8-18(9-13-28)27-22(24-2)26-15-17-6-7-21(20(23)14-17)29-19-5-4-10-25-16-19;/h4-7,10,14,16,18H,3,8-9,11-13,15H2,1-2H3,(H2,24,26,27);1H. The van der Waals surface area contributed by atoms with Gasteiger partial charge in [0.1, 0.15) is 5.75 Å². The van der Waals surface area contributed by atoms with Crippen LogP contribution in [0.15, 0.2) is 47.7 Å². The first-order chi connectivity index (χ1) is 14.2. The van der Waals surface area contributed by atoms with Crippen LogP contribution in [-0.2, 0) is 6.54 Å². The second-order valence-corrected chi connectivity index (χ2v) is 7.24. The van der Waals surface area contributed by atoms with E-state index in [0.717, 1.165) is 37.5 Å². The van der Waals surface area contributed by atoms with E-state index in [1.807, 2.05) is 6.07 Å². The Hall–Kier alpha value is -1.94. The van der Waals surface area contributed by atoms with E-state index in [1.165, 1.54) is 19.0 Å². The maximum absolute atomic E-state index is 14.4. The number of hydrogen-bond donors (Lipinski definition) is 2. The van der Waals surface area contributed by atoms with Crippen LogP contribution < -0.4 is 15.4 Å². The molecule has 6 nitrogen and oxygen atoms in total. The number of benzene rings is 1. The number of nitrogens with one attached hydrogen (secondary N) is 2. The Balaban J connectivity index is 0.00000320. The summed E-state index contributed by atoms with van der Waals surface area (Å²) in [6, 6.07) is 8.87. The molecule has 8 heteroatoms. The molecule has 2 heterocycles. The van der Waals surface area contributed by atoms with Gasteiger partial charge in [0, 0.05) is 38.9 Å². The number of aliphatic imine (C=N–C) groups is 1. The first-order valence-electron chi connectivity index (χ1n) is 10.2. The largest absolute Gasteiger partial charge is 0.453 e. The molecular weight excluding hydrogens is 496 g/mol. The van der Waals surface area contributed by atoms with E-state index >= 15 is 0 Å². The van der Waals surface area contributed by atoms with Gasteiger partial charge in [-0.2, -0.15) is 0 Å². The summed E-state index contributed by atoms with van der Waals surface area (Å²) < 4.78 is 19.9. The summed E-state index contributed by atoms with van der Waals surface area (Å²) in [7, 11) is 1.76. The molecule has 164 valence electrons. The number of piperidine rings is 1. The molecule has 30 heavy (non-hydrogen) atoms. The molecule has 0 radical (unpaired) electrons. The second kappa shape index (κ2) is 12.7. The van der Waals surface area contributed by atoms with Crippen LogP contribution in [0, 0.1) is 5.82 Å². The topological polar surface area (TPSA) is 61.8 Å². The SMILES string of the molecule is CCCN1CCC(NC(=NC)NCc2ccc(Oc3cccnc3)c(F)c2)CC1.I. The van der Waals surface area contributed by atoms with Crippen LogP contribution in [0.5, 0.6) is 11.5 Å². The van der Waals surface area contributed by atoms with Gasteiger partial charge in [-0.25, -0.2) is 4.39 Å². The molecule has 0 atom stereocenters. The first kappa shape index (κ1) is 24.3. The predicted molar refractivity (Wildman–Crippen MR) is 129 cm³/mol. The molecule has 2 aromatic rings. The van der Waals surface area contributed by atoms with E-state index in [9.17, 15) is 4.39 Å². The summed E-state index contributed by atoms with van der Waals surface area (Å²) in [5.74, 6) is 1.03. The Morgan fingerprint density at radius 3 is 2.73 bits per heavy atom. The molecule has 0 saturated carbocycles. The minimum atomic E-state index is -0.403. The van der Waals surface area contributed by atoms with E-state index in [-0.39, 0.29) is 29.7 Å². The number of guanidine groups is 1. The Morgan fingerprint density at radius 1 is 1.30 bits per heavy atom. The van der Waals surface area contributed by atoms with Crippen LogP contribution in [0.2, 0.25) is 0 Å². The molecule has 1 aliphatic heterocycles. The van der Waals surface area contributed by atoms with E-state index in [0.29, 0.717) is 18.3 Å². The van der Waals surface area contributed by atoms with Gasteiger partial charge >= 0.3 is 0 Å². The van der Waals surface area contributed by atoms with Gasteiger partial charge in [-0.1, -0.05) is 13.0 Å². The number of hydrogen-bond acceptors (Lipinski definition) is 4. The normalized spacial score (nSPS) is 15.4. The molecule has 3 rings (SSSR count). The zero-order chi connectivity index (χ0) is 20.5. The highest BCUT2D eigenvalue weighted by Gasteiger charge is 2.19. The zero-order valence-corrected chi connectivity index (χ0v) is 19.9. The fraction of sp³-hybridized carbons (Fsp3) is 0.455. The summed E-state index contributed by atoms with van der Waals surface area (Å²) in [6.07, 6.45) is 6.61. The van der Waals surface area contributed by atoms with Gasteiger partial charge in [0.05, 0.1) is 6.20 Å². The number of aromatic nitrogens is 1. The Labute approximate surface area is 195 Å². The van der Waals surface area contributed by atoms with Crippen molar-refractivity contribution >= 4 is 29.9 Å². The van der Waals surface area contributed by atoms with Crippen LogP contribution >= 0.6 is 24.0 Å². The lowest BCUT2D eigenvalue weighted by Crippen LogP contribution is -2.48. The van der Waals surface area contributed by atoms with E-state index in [1.54, 1.807) is 37.6 Å². The Bertz CT molecular complexity index is 797. The van der Waals surface area contributed by atoms with Crippen LogP contribution in [0.4, 0.5) is 4.39 Å². The van der Waals surface area contributed by atoms with Gasteiger partial charge in [0.15, 0.2) is 17.5 Å². The predicted octanol–water partition coefficient (Wildman–Crippen LogP) is 4.17. The lowest BCUT2D eigenvalue weighted by Gasteiger charge is -2.32. The average molecular weight is 527 g/mol. The molecule has 1 aromatic carbocycles. The van der Waals surface area contributed by atoms with Crippen molar-refractivity contribution in [3.8, 4) is 11.5 Å². The smallest absolute Gasteiger partial charge is 0.191 e. The Kier molecular flexibility index (Phi) is 10.3. The molecule has 1 aromatic heterocycles. The number of halogens is 2. The molecule has 0 spiro atoms. The summed E-state index contributed by atoms with van der Waals surface area (Å²) in [4.78, 5) is 10.8. The number of rotatable bonds is 7. The van der Waals surface area contributed by atoms with Gasteiger partial charge in [-0.05, 0) is 55.6 Å². The number of likely N-dealkylation sites (tertiary alicyclic amines) is 1. The van der Waals surface area contributed by atoms with Gasteiger partial charge in [-0.15, -0.1) is 24.0 Å². The van der Waals surface area contributed by atoms with Crippen molar-refractivity contribution in [1.29, 1.82) is 0 Å². The van der Waals surface area contributed by atoms with E-state index in [2.05, 4.69) is 32.4 Å². The van der Waals surface area contributed by atoms with Gasteiger partial charge in [-0.3, -0.25) is 9.98 Å². The van der Waals surface area contributed by atoms with Gasteiger partial charge < -0.3 is 20.3 Å². The minimum Gasteiger partial charge on any atom is -0.453 e. The molecule has 0 amide bonds. The van der Waals surface area contributed by atoms with Crippen molar-refractivity contribution in [1.82, 2.24) is 20.5 Å². The maximum atomic E-state index is 14.4. The van der Waals surface area contributed by atoms with Crippen molar-refractivity contribution in [2.45, 2.75) is 38.8 Å². The summed E-state index contributed by atoms with van der Waals surface area (Å²) >= 11 is 0.